The molecule has 1 aliphatic heterocycles. The number of carboxylic acid groups (broad SMARTS) is 1. The molecular formula is C22H29ClO6S. The lowest BCUT2D eigenvalue weighted by atomic mass is 9.94. The summed E-state index contributed by atoms with van der Waals surface area (Å²) in [5.41, 5.74) is 0.510. The van der Waals surface area contributed by atoms with Crippen molar-refractivity contribution in [2.24, 2.45) is 11.3 Å². The minimum absolute atomic E-state index is 0.000453. The summed E-state index contributed by atoms with van der Waals surface area (Å²) in [6.45, 7) is 5.59. The van der Waals surface area contributed by atoms with Crippen LogP contribution >= 0.6 is 11.6 Å². The lowest BCUT2D eigenvalue weighted by Gasteiger charge is -2.41. The van der Waals surface area contributed by atoms with Gasteiger partial charge in [-0.15, -0.1) is 0 Å². The maximum Gasteiger partial charge on any atom is 0.311 e. The number of carboxylic acids is 1. The van der Waals surface area contributed by atoms with Gasteiger partial charge in [0.15, 0.2) is 15.6 Å². The Morgan fingerprint density at radius 3 is 2.57 bits per heavy atom. The van der Waals surface area contributed by atoms with E-state index in [0.717, 1.165) is 25.5 Å². The van der Waals surface area contributed by atoms with E-state index in [4.69, 9.17) is 21.1 Å². The Labute approximate surface area is 183 Å². The molecule has 1 saturated carbocycles. The predicted molar refractivity (Wildman–Crippen MR) is 114 cm³/mol. The normalized spacial score (nSPS) is 24.3. The number of carbonyl (C=O) groups is 1. The van der Waals surface area contributed by atoms with E-state index in [1.165, 1.54) is 18.2 Å². The van der Waals surface area contributed by atoms with Crippen LogP contribution in [0.5, 0.6) is 0 Å². The van der Waals surface area contributed by atoms with Crippen molar-refractivity contribution in [1.29, 1.82) is 0 Å². The lowest BCUT2D eigenvalue weighted by molar-refractivity contribution is -0.295. The van der Waals surface area contributed by atoms with Gasteiger partial charge in [0.05, 0.1) is 29.0 Å². The Morgan fingerprint density at radius 2 is 2.00 bits per heavy atom. The monoisotopic (exact) mass is 456 g/mol. The van der Waals surface area contributed by atoms with Gasteiger partial charge in [0.25, 0.3) is 0 Å². The maximum absolute atomic E-state index is 11.8. The minimum Gasteiger partial charge on any atom is -0.481 e. The van der Waals surface area contributed by atoms with Gasteiger partial charge in [-0.3, -0.25) is 4.79 Å². The smallest absolute Gasteiger partial charge is 0.311 e. The van der Waals surface area contributed by atoms with Crippen molar-refractivity contribution in [3.8, 4) is 0 Å². The number of benzene rings is 1. The number of allylic oxidation sites excluding steroid dienone is 2. The van der Waals surface area contributed by atoms with Crippen LogP contribution in [0, 0.1) is 11.3 Å². The van der Waals surface area contributed by atoms with Gasteiger partial charge in [-0.2, -0.15) is 0 Å². The molecule has 1 heterocycles. The quantitative estimate of drug-likeness (QED) is 0.637. The summed E-state index contributed by atoms with van der Waals surface area (Å²) in [5.74, 6) is -2.01. The van der Waals surface area contributed by atoms with E-state index in [0.29, 0.717) is 25.2 Å². The molecule has 1 unspecified atom stereocenters. The first-order valence-electron chi connectivity index (χ1n) is 10.1. The Hall–Kier alpha value is -1.41. The summed E-state index contributed by atoms with van der Waals surface area (Å²) in [6, 6.07) is 4.32. The Kier molecular flexibility index (Phi) is 6.68. The Morgan fingerprint density at radius 1 is 1.33 bits per heavy atom. The van der Waals surface area contributed by atoms with E-state index in [9.17, 15) is 18.3 Å². The second-order valence-electron chi connectivity index (χ2n) is 9.17. The predicted octanol–water partition coefficient (Wildman–Crippen LogP) is 4.43. The fourth-order valence-corrected chi connectivity index (χ4v) is 5.33. The molecule has 1 aliphatic carbocycles. The van der Waals surface area contributed by atoms with Gasteiger partial charge >= 0.3 is 5.97 Å². The SMILES string of the molecule is CC1(C)COC2(CC[C@H](/C=C/CC(C(=O)O)c3ccc(S(C)(=O)=O)c(Cl)c3)C2)OC1. The number of rotatable bonds is 6. The number of hydrogen-bond donors (Lipinski definition) is 1. The molecule has 6 nitrogen and oxygen atoms in total. The highest BCUT2D eigenvalue weighted by Gasteiger charge is 2.45. The van der Waals surface area contributed by atoms with Crippen LogP contribution in [-0.2, 0) is 24.1 Å². The second-order valence-corrected chi connectivity index (χ2v) is 11.6. The average molecular weight is 457 g/mol. The van der Waals surface area contributed by atoms with Crippen LogP contribution in [0.3, 0.4) is 0 Å². The van der Waals surface area contributed by atoms with Crippen molar-refractivity contribution in [1.82, 2.24) is 0 Å². The second kappa shape index (κ2) is 8.61. The first kappa shape index (κ1) is 23.3. The van der Waals surface area contributed by atoms with Crippen LogP contribution in [0.4, 0.5) is 0 Å². The molecule has 2 aliphatic rings. The van der Waals surface area contributed by atoms with Gasteiger partial charge in [0.2, 0.25) is 0 Å². The van der Waals surface area contributed by atoms with Crippen LogP contribution in [0.25, 0.3) is 0 Å². The number of hydrogen-bond acceptors (Lipinski definition) is 5. The average Bonchev–Trinajstić information content (AvgIpc) is 3.03. The van der Waals surface area contributed by atoms with Gasteiger partial charge < -0.3 is 14.6 Å². The van der Waals surface area contributed by atoms with Crippen molar-refractivity contribution in [2.75, 3.05) is 19.5 Å². The Balaban J connectivity index is 1.64. The van der Waals surface area contributed by atoms with Gasteiger partial charge in [0.1, 0.15) is 0 Å². The molecule has 1 aromatic rings. The molecule has 0 radical (unpaired) electrons. The summed E-state index contributed by atoms with van der Waals surface area (Å²) >= 11 is 6.09. The maximum atomic E-state index is 11.8. The van der Waals surface area contributed by atoms with E-state index < -0.39 is 27.5 Å². The van der Waals surface area contributed by atoms with Crippen LogP contribution in [0.15, 0.2) is 35.2 Å². The largest absolute Gasteiger partial charge is 0.481 e. The van der Waals surface area contributed by atoms with Crippen molar-refractivity contribution in [3.05, 3.63) is 40.9 Å². The van der Waals surface area contributed by atoms with Crippen molar-refractivity contribution in [2.45, 2.75) is 56.1 Å². The zero-order valence-electron chi connectivity index (χ0n) is 17.6. The number of sulfone groups is 1. The van der Waals surface area contributed by atoms with Gasteiger partial charge in [-0.05, 0) is 36.5 Å². The van der Waals surface area contributed by atoms with Gasteiger partial charge in [0, 0.05) is 24.5 Å². The van der Waals surface area contributed by atoms with Crippen LogP contribution in [0.1, 0.15) is 51.0 Å². The third-order valence-electron chi connectivity index (χ3n) is 5.76. The molecule has 0 amide bonds. The van der Waals surface area contributed by atoms with Crippen LogP contribution in [-0.4, -0.2) is 44.8 Å². The van der Waals surface area contributed by atoms with Crippen molar-refractivity contribution < 1.29 is 27.8 Å². The van der Waals surface area contributed by atoms with E-state index in [-0.39, 0.29) is 21.3 Å². The fourth-order valence-electron chi connectivity index (χ4n) is 3.99. The molecule has 30 heavy (non-hydrogen) atoms. The molecule has 8 heteroatoms. The summed E-state index contributed by atoms with van der Waals surface area (Å²) in [5, 5.41) is 9.69. The standard InChI is InChI=1S/C22H29ClO6S/c1-21(2)13-28-22(29-14-21)10-9-15(12-22)5-4-6-17(20(24)25)16-7-8-19(18(23)11-16)30(3,26)27/h4-5,7-8,11,15,17H,6,9-10,12-14H2,1-3H3,(H,24,25)/b5-4+/t15-,17?/m0/s1. The molecule has 1 spiro atoms. The van der Waals surface area contributed by atoms with E-state index in [1.54, 1.807) is 0 Å². The highest BCUT2D eigenvalue weighted by molar-refractivity contribution is 7.90. The molecule has 166 valence electrons. The summed E-state index contributed by atoms with van der Waals surface area (Å²) < 4.78 is 35.5. The summed E-state index contributed by atoms with van der Waals surface area (Å²) in [7, 11) is -3.46. The van der Waals surface area contributed by atoms with E-state index >= 15 is 0 Å². The highest BCUT2D eigenvalue weighted by atomic mass is 35.5. The number of ether oxygens (including phenoxy) is 2. The minimum atomic E-state index is -3.46. The first-order chi connectivity index (χ1) is 13.9. The summed E-state index contributed by atoms with van der Waals surface area (Å²) in [4.78, 5) is 11.8. The lowest BCUT2D eigenvalue weighted by Crippen LogP contribution is -2.45. The van der Waals surface area contributed by atoms with E-state index in [2.05, 4.69) is 13.8 Å². The van der Waals surface area contributed by atoms with Crippen molar-refractivity contribution >= 4 is 27.4 Å². The molecule has 2 fully saturated rings. The zero-order chi connectivity index (χ0) is 22.2. The van der Waals surface area contributed by atoms with Crippen LogP contribution in [0.2, 0.25) is 5.02 Å². The molecule has 1 saturated heterocycles. The zero-order valence-corrected chi connectivity index (χ0v) is 19.1. The molecule has 1 N–H and O–H groups in total. The van der Waals surface area contributed by atoms with Gasteiger partial charge in [-0.1, -0.05) is 43.7 Å². The molecular weight excluding hydrogens is 428 g/mol. The third-order valence-corrected chi connectivity index (χ3v) is 7.34. The summed E-state index contributed by atoms with van der Waals surface area (Å²) in [6.07, 6.45) is 7.83. The van der Waals surface area contributed by atoms with E-state index in [1.807, 2.05) is 12.2 Å². The highest BCUT2D eigenvalue weighted by Crippen LogP contribution is 2.43. The molecule has 2 atom stereocenters. The number of aliphatic carboxylic acids is 1. The van der Waals surface area contributed by atoms with Crippen LogP contribution < -0.4 is 0 Å². The third kappa shape index (κ3) is 5.44. The molecule has 0 aromatic heterocycles. The number of halogens is 1. The van der Waals surface area contributed by atoms with Gasteiger partial charge in [-0.25, -0.2) is 8.42 Å². The topological polar surface area (TPSA) is 89.9 Å². The first-order valence-corrected chi connectivity index (χ1v) is 12.3. The molecule has 0 bridgehead atoms. The molecule has 3 rings (SSSR count). The van der Waals surface area contributed by atoms with Crippen molar-refractivity contribution in [3.63, 3.8) is 0 Å². The Bertz CT molecular complexity index is 927. The fraction of sp³-hybridized carbons (Fsp3) is 0.591. The molecule has 1 aromatic carbocycles.